The lowest BCUT2D eigenvalue weighted by Crippen LogP contribution is -2.24. The Morgan fingerprint density at radius 1 is 1.38 bits per heavy atom. The van der Waals surface area contributed by atoms with Crippen molar-refractivity contribution in [2.24, 2.45) is 10.7 Å². The Balaban J connectivity index is 5.10. The predicted octanol–water partition coefficient (Wildman–Crippen LogP) is -0.438. The van der Waals surface area contributed by atoms with Gasteiger partial charge in [0.05, 0.1) is 14.2 Å². The van der Waals surface area contributed by atoms with Crippen molar-refractivity contribution >= 4 is 11.8 Å². The van der Waals surface area contributed by atoms with Crippen molar-refractivity contribution in [2.75, 3.05) is 21.3 Å². The molecule has 0 saturated heterocycles. The molecule has 0 aromatic rings. The van der Waals surface area contributed by atoms with Crippen molar-refractivity contribution in [2.45, 2.75) is 0 Å². The van der Waals surface area contributed by atoms with Gasteiger partial charge in [0, 0.05) is 7.05 Å². The lowest BCUT2D eigenvalue weighted by molar-refractivity contribution is -0.136. The van der Waals surface area contributed by atoms with E-state index < -0.39 is 11.9 Å². The van der Waals surface area contributed by atoms with Gasteiger partial charge in [0.1, 0.15) is 5.84 Å². The number of amidine groups is 1. The lowest BCUT2D eigenvalue weighted by Gasteiger charge is -2.05. The van der Waals surface area contributed by atoms with Crippen molar-refractivity contribution in [1.82, 2.24) is 0 Å². The SMILES string of the molecule is CN=C(N)/C(C(=O)OC)=C(\O)OC. The minimum atomic E-state index is -0.803. The van der Waals surface area contributed by atoms with Gasteiger partial charge in [-0.3, -0.25) is 4.99 Å². The fourth-order valence-corrected chi connectivity index (χ4v) is 0.617. The Hall–Kier alpha value is -1.72. The highest BCUT2D eigenvalue weighted by molar-refractivity contribution is 6.18. The maximum Gasteiger partial charge on any atom is 0.348 e. The van der Waals surface area contributed by atoms with E-state index in [1.807, 2.05) is 0 Å². The van der Waals surface area contributed by atoms with Crippen LogP contribution in [0.1, 0.15) is 0 Å². The van der Waals surface area contributed by atoms with Crippen LogP contribution >= 0.6 is 0 Å². The molecule has 6 nitrogen and oxygen atoms in total. The number of aliphatic hydroxyl groups is 1. The molecule has 0 atom stereocenters. The molecule has 0 radical (unpaired) electrons. The van der Waals surface area contributed by atoms with Gasteiger partial charge in [-0.2, -0.15) is 0 Å². The number of aliphatic imine (C=N–C) groups is 1. The molecule has 13 heavy (non-hydrogen) atoms. The number of carbonyl (C=O) groups excluding carboxylic acids is 1. The van der Waals surface area contributed by atoms with Gasteiger partial charge in [0.25, 0.3) is 5.95 Å². The molecule has 3 N–H and O–H groups in total. The van der Waals surface area contributed by atoms with Crippen LogP contribution in [0, 0.1) is 0 Å². The average Bonchev–Trinajstić information content (AvgIpc) is 2.16. The molecule has 0 bridgehead atoms. The molecule has 0 aromatic carbocycles. The average molecular weight is 188 g/mol. The predicted molar refractivity (Wildman–Crippen MR) is 46.2 cm³/mol. The van der Waals surface area contributed by atoms with Crippen LogP contribution in [0.15, 0.2) is 16.5 Å². The van der Waals surface area contributed by atoms with E-state index in [2.05, 4.69) is 14.5 Å². The van der Waals surface area contributed by atoms with Gasteiger partial charge in [-0.25, -0.2) is 4.79 Å². The second-order valence-corrected chi connectivity index (χ2v) is 1.98. The third kappa shape index (κ3) is 2.66. The molecule has 0 aliphatic heterocycles. The fraction of sp³-hybridized carbons (Fsp3) is 0.429. The third-order valence-electron chi connectivity index (χ3n) is 1.29. The number of hydrogen-bond donors (Lipinski definition) is 2. The summed E-state index contributed by atoms with van der Waals surface area (Å²) in [5.41, 5.74) is 5.04. The first-order valence-electron chi connectivity index (χ1n) is 3.36. The number of carbonyl (C=O) groups is 1. The largest absolute Gasteiger partial charge is 0.480 e. The van der Waals surface area contributed by atoms with Gasteiger partial charge in [0.15, 0.2) is 5.57 Å². The van der Waals surface area contributed by atoms with E-state index in [1.165, 1.54) is 14.2 Å². The molecule has 0 saturated carbocycles. The number of esters is 1. The van der Waals surface area contributed by atoms with Gasteiger partial charge in [-0.05, 0) is 0 Å². The van der Waals surface area contributed by atoms with Crippen LogP contribution in [0.25, 0.3) is 0 Å². The van der Waals surface area contributed by atoms with Gasteiger partial charge in [0.2, 0.25) is 0 Å². The molecule has 6 heteroatoms. The van der Waals surface area contributed by atoms with E-state index in [9.17, 15) is 4.79 Å². The Labute approximate surface area is 75.7 Å². The molecule has 0 aromatic heterocycles. The van der Waals surface area contributed by atoms with Gasteiger partial charge in [-0.15, -0.1) is 0 Å². The van der Waals surface area contributed by atoms with Crippen LogP contribution in [0.3, 0.4) is 0 Å². The molecule has 0 heterocycles. The summed E-state index contributed by atoms with van der Waals surface area (Å²) in [6.45, 7) is 0. The molecule has 0 aliphatic rings. The van der Waals surface area contributed by atoms with Crippen molar-refractivity contribution in [3.63, 3.8) is 0 Å². The molecule has 0 amide bonds. The summed E-state index contributed by atoms with van der Waals surface area (Å²) in [4.78, 5) is 14.6. The summed E-state index contributed by atoms with van der Waals surface area (Å²) in [5.74, 6) is -1.57. The summed E-state index contributed by atoms with van der Waals surface area (Å²) in [5, 5.41) is 9.12. The minimum absolute atomic E-state index is 0.147. The Morgan fingerprint density at radius 3 is 2.23 bits per heavy atom. The monoisotopic (exact) mass is 188 g/mol. The van der Waals surface area contributed by atoms with E-state index in [-0.39, 0.29) is 11.4 Å². The summed E-state index contributed by atoms with van der Waals surface area (Å²) in [6, 6.07) is 0. The fourth-order valence-electron chi connectivity index (χ4n) is 0.617. The van der Waals surface area contributed by atoms with Gasteiger partial charge >= 0.3 is 5.97 Å². The Kier molecular flexibility index (Phi) is 4.36. The Bertz CT molecular complexity index is 257. The molecule has 0 rings (SSSR count). The lowest BCUT2D eigenvalue weighted by atomic mass is 10.2. The first-order valence-corrected chi connectivity index (χ1v) is 3.36. The second kappa shape index (κ2) is 5.02. The maximum atomic E-state index is 11.0. The number of aliphatic hydroxyl groups excluding tert-OH is 1. The standard InChI is InChI=1S/C7H12N2O4/c1-9-5(8)4(6(10)12-2)7(11)13-3/h10H,1-3H3,(H2,8,9)/b6-4-. The number of nitrogens with two attached hydrogens (primary N) is 1. The molecule has 0 fully saturated rings. The van der Waals surface area contributed by atoms with Crippen molar-refractivity contribution < 1.29 is 19.4 Å². The van der Waals surface area contributed by atoms with Crippen LogP contribution < -0.4 is 5.73 Å². The summed E-state index contributed by atoms with van der Waals surface area (Å²) < 4.78 is 8.79. The highest BCUT2D eigenvalue weighted by atomic mass is 16.6. The second-order valence-electron chi connectivity index (χ2n) is 1.98. The third-order valence-corrected chi connectivity index (χ3v) is 1.29. The first-order chi connectivity index (χ1) is 6.08. The maximum absolute atomic E-state index is 11.0. The van der Waals surface area contributed by atoms with E-state index >= 15 is 0 Å². The molecule has 0 spiro atoms. The van der Waals surface area contributed by atoms with E-state index in [0.717, 1.165) is 7.11 Å². The van der Waals surface area contributed by atoms with E-state index in [1.54, 1.807) is 0 Å². The van der Waals surface area contributed by atoms with Gasteiger partial charge < -0.3 is 20.3 Å². The molecule has 74 valence electrons. The normalized spacial score (nSPS) is 13.3. The number of methoxy groups -OCH3 is 2. The highest BCUT2D eigenvalue weighted by Gasteiger charge is 2.20. The minimum Gasteiger partial charge on any atom is -0.480 e. The van der Waals surface area contributed by atoms with E-state index in [4.69, 9.17) is 10.8 Å². The smallest absolute Gasteiger partial charge is 0.348 e. The molecular weight excluding hydrogens is 176 g/mol. The zero-order chi connectivity index (χ0) is 10.4. The molecule has 0 unspecified atom stereocenters. The zero-order valence-corrected chi connectivity index (χ0v) is 7.70. The molecule has 0 aliphatic carbocycles. The Morgan fingerprint density at radius 2 is 1.92 bits per heavy atom. The van der Waals surface area contributed by atoms with Crippen LogP contribution in [0.5, 0.6) is 0 Å². The first kappa shape index (κ1) is 11.3. The number of ether oxygens (including phenoxy) is 2. The summed E-state index contributed by atoms with van der Waals surface area (Å²) in [7, 11) is 3.73. The van der Waals surface area contributed by atoms with Crippen LogP contribution in [0.2, 0.25) is 0 Å². The number of hydrogen-bond acceptors (Lipinski definition) is 5. The summed E-state index contributed by atoms with van der Waals surface area (Å²) in [6.07, 6.45) is 0. The topological polar surface area (TPSA) is 94.1 Å². The highest BCUT2D eigenvalue weighted by Crippen LogP contribution is 2.04. The molecular formula is C7H12N2O4. The van der Waals surface area contributed by atoms with Crippen LogP contribution in [-0.2, 0) is 14.3 Å². The zero-order valence-electron chi connectivity index (χ0n) is 7.70. The van der Waals surface area contributed by atoms with E-state index in [0.29, 0.717) is 0 Å². The summed E-state index contributed by atoms with van der Waals surface area (Å²) >= 11 is 0. The van der Waals surface area contributed by atoms with Crippen LogP contribution in [0.4, 0.5) is 0 Å². The number of nitrogens with zero attached hydrogens (tertiary/aromatic N) is 1. The van der Waals surface area contributed by atoms with Crippen molar-refractivity contribution in [3.8, 4) is 0 Å². The quantitative estimate of drug-likeness (QED) is 0.206. The van der Waals surface area contributed by atoms with Gasteiger partial charge in [-0.1, -0.05) is 0 Å². The van der Waals surface area contributed by atoms with Crippen LogP contribution in [-0.4, -0.2) is 38.2 Å². The van der Waals surface area contributed by atoms with Crippen molar-refractivity contribution in [3.05, 3.63) is 11.5 Å². The number of rotatable bonds is 3. The van der Waals surface area contributed by atoms with Crippen molar-refractivity contribution in [1.29, 1.82) is 0 Å².